The molecule has 0 aliphatic carbocycles. The summed E-state index contributed by atoms with van der Waals surface area (Å²) < 4.78 is 0. The van der Waals surface area contributed by atoms with Crippen molar-refractivity contribution in [2.45, 2.75) is 26.3 Å². The van der Waals surface area contributed by atoms with E-state index in [1.165, 1.54) is 6.08 Å². The van der Waals surface area contributed by atoms with Gasteiger partial charge in [-0.15, -0.1) is 0 Å². The number of carbonyl (C=O) groups is 1. The third-order valence-corrected chi connectivity index (χ3v) is 3.13. The first-order valence-electron chi connectivity index (χ1n) is 7.05. The predicted molar refractivity (Wildman–Crippen MR) is 84.4 cm³/mol. The minimum absolute atomic E-state index is 0.100. The fourth-order valence-electron chi connectivity index (χ4n) is 1.73. The van der Waals surface area contributed by atoms with E-state index in [-0.39, 0.29) is 11.9 Å². The number of aromatic nitrogens is 2. The summed E-state index contributed by atoms with van der Waals surface area (Å²) in [7, 11) is 0. The third kappa shape index (κ3) is 4.53. The molecule has 2 rings (SSSR count). The van der Waals surface area contributed by atoms with Crippen LogP contribution >= 0.6 is 0 Å². The second kappa shape index (κ2) is 7.33. The van der Waals surface area contributed by atoms with Crippen LogP contribution in [0.15, 0.2) is 48.8 Å². The average molecular weight is 281 g/mol. The van der Waals surface area contributed by atoms with Crippen molar-refractivity contribution in [3.05, 3.63) is 54.4 Å². The highest BCUT2D eigenvalue weighted by atomic mass is 16.1. The maximum atomic E-state index is 11.6. The maximum absolute atomic E-state index is 11.6. The molecule has 0 fully saturated rings. The SMILES string of the molecule is CC[C@H](C)NC(=O)/C=C/c1cnc(-c2ccccc2)nc1. The van der Waals surface area contributed by atoms with E-state index in [1.807, 2.05) is 44.2 Å². The first kappa shape index (κ1) is 14.9. The molecule has 0 saturated heterocycles. The van der Waals surface area contributed by atoms with E-state index in [1.54, 1.807) is 18.5 Å². The highest BCUT2D eigenvalue weighted by Crippen LogP contribution is 2.13. The van der Waals surface area contributed by atoms with Crippen LogP contribution in [0.25, 0.3) is 17.5 Å². The second-order valence-electron chi connectivity index (χ2n) is 4.86. The molecule has 0 aliphatic heterocycles. The standard InChI is InChI=1S/C17H19N3O/c1-3-13(2)20-16(21)10-9-14-11-18-17(19-12-14)15-7-5-4-6-8-15/h4-13H,3H2,1-2H3,(H,20,21)/b10-9+/t13-/m0/s1. The summed E-state index contributed by atoms with van der Waals surface area (Å²) in [6.07, 6.45) is 7.55. The van der Waals surface area contributed by atoms with Crippen molar-refractivity contribution in [2.24, 2.45) is 0 Å². The van der Waals surface area contributed by atoms with Gasteiger partial charge < -0.3 is 5.32 Å². The third-order valence-electron chi connectivity index (χ3n) is 3.13. The normalized spacial score (nSPS) is 12.3. The van der Waals surface area contributed by atoms with Crippen LogP contribution in [0.5, 0.6) is 0 Å². The Morgan fingerprint density at radius 2 is 1.90 bits per heavy atom. The molecule has 0 saturated carbocycles. The molecule has 1 heterocycles. The molecule has 0 radical (unpaired) electrons. The molecule has 0 aliphatic rings. The highest BCUT2D eigenvalue weighted by Gasteiger charge is 2.02. The van der Waals surface area contributed by atoms with Gasteiger partial charge >= 0.3 is 0 Å². The van der Waals surface area contributed by atoms with Crippen molar-refractivity contribution in [1.29, 1.82) is 0 Å². The summed E-state index contributed by atoms with van der Waals surface area (Å²) in [4.78, 5) is 20.3. The van der Waals surface area contributed by atoms with Crippen molar-refractivity contribution in [2.75, 3.05) is 0 Å². The van der Waals surface area contributed by atoms with Crippen molar-refractivity contribution in [3.63, 3.8) is 0 Å². The lowest BCUT2D eigenvalue weighted by Gasteiger charge is -2.08. The van der Waals surface area contributed by atoms with Crippen LogP contribution in [0.2, 0.25) is 0 Å². The molecule has 4 heteroatoms. The van der Waals surface area contributed by atoms with E-state index in [4.69, 9.17) is 0 Å². The molecule has 1 aromatic carbocycles. The monoisotopic (exact) mass is 281 g/mol. The largest absolute Gasteiger partial charge is 0.350 e. The van der Waals surface area contributed by atoms with Crippen molar-refractivity contribution in [3.8, 4) is 11.4 Å². The van der Waals surface area contributed by atoms with Gasteiger partial charge in [0.25, 0.3) is 0 Å². The number of nitrogens with zero attached hydrogens (tertiary/aromatic N) is 2. The fraction of sp³-hybridized carbons (Fsp3) is 0.235. The number of rotatable bonds is 5. The maximum Gasteiger partial charge on any atom is 0.244 e. The lowest BCUT2D eigenvalue weighted by atomic mass is 10.2. The molecule has 108 valence electrons. The molecule has 1 N–H and O–H groups in total. The minimum atomic E-state index is -0.100. The van der Waals surface area contributed by atoms with Gasteiger partial charge in [-0.1, -0.05) is 37.3 Å². The Kier molecular flexibility index (Phi) is 5.21. The summed E-state index contributed by atoms with van der Waals surface area (Å²) in [6, 6.07) is 9.96. The van der Waals surface area contributed by atoms with Crippen LogP contribution in [0.1, 0.15) is 25.8 Å². The lowest BCUT2D eigenvalue weighted by Crippen LogP contribution is -2.30. The number of amides is 1. The minimum Gasteiger partial charge on any atom is -0.350 e. The van der Waals surface area contributed by atoms with E-state index in [0.29, 0.717) is 5.82 Å². The Balaban J connectivity index is 2.01. The fourth-order valence-corrected chi connectivity index (χ4v) is 1.73. The van der Waals surface area contributed by atoms with E-state index < -0.39 is 0 Å². The smallest absolute Gasteiger partial charge is 0.244 e. The molecular weight excluding hydrogens is 262 g/mol. The van der Waals surface area contributed by atoms with Crippen molar-refractivity contribution < 1.29 is 4.79 Å². The number of benzene rings is 1. The van der Waals surface area contributed by atoms with Gasteiger partial charge in [0.2, 0.25) is 5.91 Å². The lowest BCUT2D eigenvalue weighted by molar-refractivity contribution is -0.117. The molecule has 0 unspecified atom stereocenters. The van der Waals surface area contributed by atoms with Crippen LogP contribution < -0.4 is 5.32 Å². The molecule has 1 amide bonds. The Bertz CT molecular complexity index is 606. The molecule has 1 aromatic heterocycles. The zero-order chi connectivity index (χ0) is 15.1. The zero-order valence-electron chi connectivity index (χ0n) is 12.3. The quantitative estimate of drug-likeness (QED) is 0.857. The average Bonchev–Trinajstić information content (AvgIpc) is 2.54. The second-order valence-corrected chi connectivity index (χ2v) is 4.86. The molecular formula is C17H19N3O. The van der Waals surface area contributed by atoms with Crippen LogP contribution in [-0.4, -0.2) is 21.9 Å². The molecule has 0 bridgehead atoms. The van der Waals surface area contributed by atoms with Crippen LogP contribution in [0, 0.1) is 0 Å². The van der Waals surface area contributed by atoms with E-state index in [9.17, 15) is 4.79 Å². The van der Waals surface area contributed by atoms with Gasteiger partial charge in [0.1, 0.15) is 0 Å². The zero-order valence-corrected chi connectivity index (χ0v) is 12.3. The van der Waals surface area contributed by atoms with Gasteiger partial charge in [0.05, 0.1) is 0 Å². The molecule has 2 aromatic rings. The molecule has 21 heavy (non-hydrogen) atoms. The van der Waals surface area contributed by atoms with Gasteiger partial charge in [-0.05, 0) is 19.4 Å². The van der Waals surface area contributed by atoms with Gasteiger partial charge in [-0.2, -0.15) is 0 Å². The van der Waals surface area contributed by atoms with Crippen molar-refractivity contribution in [1.82, 2.24) is 15.3 Å². The highest BCUT2D eigenvalue weighted by molar-refractivity contribution is 5.91. The first-order valence-corrected chi connectivity index (χ1v) is 7.05. The number of nitrogens with one attached hydrogen (secondary N) is 1. The first-order chi connectivity index (χ1) is 10.2. The number of hydrogen-bond donors (Lipinski definition) is 1. The summed E-state index contributed by atoms with van der Waals surface area (Å²) in [5.74, 6) is 0.577. The Labute approximate surface area is 125 Å². The molecule has 1 atom stereocenters. The number of carbonyl (C=O) groups excluding carboxylic acids is 1. The summed E-state index contributed by atoms with van der Waals surface area (Å²) in [5, 5.41) is 2.87. The summed E-state index contributed by atoms with van der Waals surface area (Å²) in [6.45, 7) is 4.01. The van der Waals surface area contributed by atoms with Crippen LogP contribution in [0.4, 0.5) is 0 Å². The Hall–Kier alpha value is -2.49. The van der Waals surface area contributed by atoms with Gasteiger partial charge in [-0.3, -0.25) is 4.79 Å². The molecule has 0 spiro atoms. The topological polar surface area (TPSA) is 54.9 Å². The van der Waals surface area contributed by atoms with E-state index in [2.05, 4.69) is 15.3 Å². The Morgan fingerprint density at radius 1 is 1.24 bits per heavy atom. The number of hydrogen-bond acceptors (Lipinski definition) is 3. The van der Waals surface area contributed by atoms with Gasteiger partial charge in [0, 0.05) is 35.6 Å². The summed E-state index contributed by atoms with van der Waals surface area (Å²) >= 11 is 0. The van der Waals surface area contributed by atoms with Gasteiger partial charge in [0.15, 0.2) is 5.82 Å². The Morgan fingerprint density at radius 3 is 2.52 bits per heavy atom. The van der Waals surface area contributed by atoms with Crippen molar-refractivity contribution >= 4 is 12.0 Å². The molecule has 4 nitrogen and oxygen atoms in total. The van der Waals surface area contributed by atoms with Gasteiger partial charge in [-0.25, -0.2) is 9.97 Å². The van der Waals surface area contributed by atoms with Crippen LogP contribution in [-0.2, 0) is 4.79 Å². The van der Waals surface area contributed by atoms with E-state index >= 15 is 0 Å². The predicted octanol–water partition coefficient (Wildman–Crippen LogP) is 3.07. The van der Waals surface area contributed by atoms with E-state index in [0.717, 1.165) is 17.5 Å². The summed E-state index contributed by atoms with van der Waals surface area (Å²) in [5.41, 5.74) is 1.77. The van der Waals surface area contributed by atoms with Crippen LogP contribution in [0.3, 0.4) is 0 Å².